The minimum atomic E-state index is 0.432. The van der Waals surface area contributed by atoms with Crippen LogP contribution >= 0.6 is 22.9 Å². The molecule has 80 valence electrons. The summed E-state index contributed by atoms with van der Waals surface area (Å²) in [7, 11) is 2.01. The smallest absolute Gasteiger partial charge is 0.0590 e. The molecule has 1 N–H and O–H groups in total. The van der Waals surface area contributed by atoms with Crippen LogP contribution in [0.3, 0.4) is 0 Å². The van der Waals surface area contributed by atoms with Gasteiger partial charge in [0.15, 0.2) is 0 Å². The van der Waals surface area contributed by atoms with Crippen molar-refractivity contribution in [2.45, 2.75) is 39.2 Å². The van der Waals surface area contributed by atoms with E-state index in [9.17, 15) is 0 Å². The lowest BCUT2D eigenvalue weighted by atomic mass is 10.1. The van der Waals surface area contributed by atoms with E-state index in [2.05, 4.69) is 24.5 Å². The Morgan fingerprint density at radius 2 is 2.29 bits per heavy atom. The largest absolute Gasteiger partial charge is 0.312 e. The van der Waals surface area contributed by atoms with Crippen LogP contribution < -0.4 is 5.32 Å². The van der Waals surface area contributed by atoms with Crippen LogP contribution in [0.5, 0.6) is 0 Å². The van der Waals surface area contributed by atoms with Crippen molar-refractivity contribution in [3.8, 4) is 0 Å². The molecule has 0 aliphatic rings. The van der Waals surface area contributed by atoms with Crippen LogP contribution in [0, 0.1) is 6.92 Å². The summed E-state index contributed by atoms with van der Waals surface area (Å²) in [5.41, 5.74) is 1.20. The first-order valence-corrected chi connectivity index (χ1v) is 6.37. The molecule has 1 aromatic heterocycles. The molecule has 1 atom stereocenters. The zero-order valence-corrected chi connectivity index (χ0v) is 10.6. The van der Waals surface area contributed by atoms with Crippen LogP contribution in [0.15, 0.2) is 5.38 Å². The summed E-state index contributed by atoms with van der Waals surface area (Å²) >= 11 is 8.00. The van der Waals surface area contributed by atoms with E-state index in [-0.39, 0.29) is 0 Å². The molecular weight excluding hydrogens is 214 g/mol. The van der Waals surface area contributed by atoms with Crippen LogP contribution in [0.25, 0.3) is 0 Å². The highest BCUT2D eigenvalue weighted by atomic mass is 35.5. The molecular formula is C11H18ClNS. The maximum Gasteiger partial charge on any atom is 0.0590 e. The summed E-state index contributed by atoms with van der Waals surface area (Å²) in [6, 6.07) is 0.432. The third-order valence-corrected chi connectivity index (χ3v) is 4.26. The topological polar surface area (TPSA) is 12.0 Å². The third kappa shape index (κ3) is 2.72. The number of unbranched alkanes of at least 4 members (excludes halogenated alkanes) is 1. The molecule has 0 saturated heterocycles. The van der Waals surface area contributed by atoms with Crippen molar-refractivity contribution in [2.24, 2.45) is 0 Å². The van der Waals surface area contributed by atoms with E-state index in [1.165, 1.54) is 29.7 Å². The van der Waals surface area contributed by atoms with Gasteiger partial charge in [-0.1, -0.05) is 31.4 Å². The van der Waals surface area contributed by atoms with Crippen LogP contribution in [-0.2, 0) is 0 Å². The third-order valence-electron chi connectivity index (χ3n) is 2.44. The molecule has 3 heteroatoms. The molecule has 0 aliphatic carbocycles. The van der Waals surface area contributed by atoms with Crippen LogP contribution in [0.4, 0.5) is 0 Å². The molecule has 1 aromatic rings. The maximum atomic E-state index is 6.23. The second-order valence-corrected chi connectivity index (χ2v) is 4.87. The number of nitrogens with one attached hydrogen (secondary N) is 1. The second-order valence-electron chi connectivity index (χ2n) is 3.58. The van der Waals surface area contributed by atoms with Crippen molar-refractivity contribution in [1.29, 1.82) is 0 Å². The summed E-state index contributed by atoms with van der Waals surface area (Å²) in [4.78, 5) is 1.29. The summed E-state index contributed by atoms with van der Waals surface area (Å²) in [5.74, 6) is 0. The summed E-state index contributed by atoms with van der Waals surface area (Å²) in [6.45, 7) is 4.28. The van der Waals surface area contributed by atoms with Gasteiger partial charge >= 0.3 is 0 Å². The Morgan fingerprint density at radius 3 is 2.71 bits per heavy atom. The van der Waals surface area contributed by atoms with E-state index < -0.39 is 0 Å². The van der Waals surface area contributed by atoms with Gasteiger partial charge in [0.1, 0.15) is 0 Å². The highest BCUT2D eigenvalue weighted by Gasteiger charge is 2.15. The minimum Gasteiger partial charge on any atom is -0.312 e. The van der Waals surface area contributed by atoms with E-state index in [1.54, 1.807) is 11.3 Å². The highest BCUT2D eigenvalue weighted by Crippen LogP contribution is 2.34. The van der Waals surface area contributed by atoms with Gasteiger partial charge in [-0.3, -0.25) is 0 Å². The molecule has 0 fully saturated rings. The van der Waals surface area contributed by atoms with E-state index >= 15 is 0 Å². The lowest BCUT2D eigenvalue weighted by molar-refractivity contribution is 0.530. The molecule has 0 radical (unpaired) electrons. The standard InChI is InChI=1S/C11H18ClNS/c1-4-5-6-9(13-3)11-10(12)8(2)7-14-11/h7,9,13H,4-6H2,1-3H3. The molecule has 1 unspecified atom stereocenters. The average Bonchev–Trinajstić information content (AvgIpc) is 2.51. The molecule has 0 spiro atoms. The zero-order chi connectivity index (χ0) is 10.6. The SMILES string of the molecule is CCCCC(NC)c1scc(C)c1Cl. The summed E-state index contributed by atoms with van der Waals surface area (Å²) in [5, 5.41) is 6.42. The normalized spacial score (nSPS) is 13.1. The van der Waals surface area contributed by atoms with E-state index in [0.717, 1.165) is 5.02 Å². The van der Waals surface area contributed by atoms with Gasteiger partial charge < -0.3 is 5.32 Å². The summed E-state index contributed by atoms with van der Waals surface area (Å²) in [6.07, 6.45) is 3.66. The fourth-order valence-corrected chi connectivity index (χ4v) is 2.97. The first-order valence-electron chi connectivity index (χ1n) is 5.11. The molecule has 1 heterocycles. The van der Waals surface area contributed by atoms with Crippen molar-refractivity contribution in [1.82, 2.24) is 5.32 Å². The molecule has 0 aromatic carbocycles. The number of thiophene rings is 1. The Balaban J connectivity index is 2.73. The fourth-order valence-electron chi connectivity index (χ4n) is 1.50. The quantitative estimate of drug-likeness (QED) is 0.803. The van der Waals surface area contributed by atoms with E-state index in [0.29, 0.717) is 6.04 Å². The first-order chi connectivity index (χ1) is 6.70. The monoisotopic (exact) mass is 231 g/mol. The number of aryl methyl sites for hydroxylation is 1. The molecule has 0 bridgehead atoms. The highest BCUT2D eigenvalue weighted by molar-refractivity contribution is 7.10. The van der Waals surface area contributed by atoms with E-state index in [4.69, 9.17) is 11.6 Å². The maximum absolute atomic E-state index is 6.23. The van der Waals surface area contributed by atoms with Gasteiger partial charge in [0.05, 0.1) is 5.02 Å². The van der Waals surface area contributed by atoms with Gasteiger partial charge in [-0.15, -0.1) is 11.3 Å². The average molecular weight is 232 g/mol. The fraction of sp³-hybridized carbons (Fsp3) is 0.636. The summed E-state index contributed by atoms with van der Waals surface area (Å²) < 4.78 is 0. The number of hydrogen-bond acceptors (Lipinski definition) is 2. The molecule has 1 nitrogen and oxygen atoms in total. The predicted molar refractivity (Wildman–Crippen MR) is 65.4 cm³/mol. The van der Waals surface area contributed by atoms with Crippen LogP contribution in [0.2, 0.25) is 5.02 Å². The van der Waals surface area contributed by atoms with Crippen molar-refractivity contribution in [2.75, 3.05) is 7.05 Å². The Bertz CT molecular complexity index is 283. The van der Waals surface area contributed by atoms with Crippen LogP contribution in [-0.4, -0.2) is 7.05 Å². The van der Waals surface area contributed by atoms with Gasteiger partial charge in [0, 0.05) is 10.9 Å². The molecule has 0 amide bonds. The Kier molecular flexibility index (Phi) is 4.93. The lowest BCUT2D eigenvalue weighted by Gasteiger charge is -2.14. The number of halogens is 1. The van der Waals surface area contributed by atoms with Crippen molar-refractivity contribution in [3.05, 3.63) is 20.8 Å². The molecule has 0 saturated carbocycles. The van der Waals surface area contributed by atoms with Gasteiger partial charge in [-0.05, 0) is 31.3 Å². The number of hydrogen-bond donors (Lipinski definition) is 1. The van der Waals surface area contributed by atoms with Gasteiger partial charge in [-0.25, -0.2) is 0 Å². The predicted octanol–water partition coefficient (Wildman–Crippen LogP) is 4.16. The zero-order valence-electron chi connectivity index (χ0n) is 9.06. The van der Waals surface area contributed by atoms with E-state index in [1.807, 2.05) is 7.05 Å². The Labute approximate surface area is 95.5 Å². The van der Waals surface area contributed by atoms with Gasteiger partial charge in [-0.2, -0.15) is 0 Å². The molecule has 0 aliphatic heterocycles. The molecule has 14 heavy (non-hydrogen) atoms. The lowest BCUT2D eigenvalue weighted by Crippen LogP contribution is -2.15. The van der Waals surface area contributed by atoms with Crippen LogP contribution in [0.1, 0.15) is 42.7 Å². The Morgan fingerprint density at radius 1 is 1.57 bits per heavy atom. The molecule has 1 rings (SSSR count). The van der Waals surface area contributed by atoms with Gasteiger partial charge in [0.25, 0.3) is 0 Å². The van der Waals surface area contributed by atoms with Crippen molar-refractivity contribution >= 4 is 22.9 Å². The second kappa shape index (κ2) is 5.74. The minimum absolute atomic E-state index is 0.432. The first kappa shape index (κ1) is 12.0. The number of rotatable bonds is 5. The van der Waals surface area contributed by atoms with Gasteiger partial charge in [0.2, 0.25) is 0 Å². The Hall–Kier alpha value is -0.0500. The van der Waals surface area contributed by atoms with Crippen molar-refractivity contribution in [3.63, 3.8) is 0 Å². The van der Waals surface area contributed by atoms with Crippen molar-refractivity contribution < 1.29 is 0 Å².